The molecule has 2 aromatic rings. The fraction of sp³-hybridized carbons (Fsp3) is 0.0909. The number of hydrogen-bond donors (Lipinski definition) is 1. The lowest BCUT2D eigenvalue weighted by atomic mass is 10.1. The number of fused-ring (bicyclic) bond motifs is 1. The van der Waals surface area contributed by atoms with Gasteiger partial charge < -0.3 is 10.5 Å². The Balaban J connectivity index is 2.81. The van der Waals surface area contributed by atoms with Gasteiger partial charge in [0.05, 0.1) is 7.11 Å². The molecular formula is C11H10BrNO. The van der Waals surface area contributed by atoms with Crippen molar-refractivity contribution in [3.05, 3.63) is 34.8 Å². The van der Waals surface area contributed by atoms with Gasteiger partial charge in [-0.2, -0.15) is 0 Å². The Morgan fingerprint density at radius 1 is 1.21 bits per heavy atom. The summed E-state index contributed by atoms with van der Waals surface area (Å²) in [4.78, 5) is 0. The van der Waals surface area contributed by atoms with Gasteiger partial charge in [0.25, 0.3) is 0 Å². The van der Waals surface area contributed by atoms with Crippen LogP contribution in [0.3, 0.4) is 0 Å². The van der Waals surface area contributed by atoms with Crippen LogP contribution in [0, 0.1) is 0 Å². The first-order chi connectivity index (χ1) is 6.70. The molecular weight excluding hydrogens is 242 g/mol. The summed E-state index contributed by atoms with van der Waals surface area (Å²) < 4.78 is 6.29. The van der Waals surface area contributed by atoms with Crippen LogP contribution in [-0.2, 0) is 0 Å². The van der Waals surface area contributed by atoms with Crippen LogP contribution in [0.4, 0.5) is 5.69 Å². The molecule has 2 aromatic carbocycles. The Labute approximate surface area is 90.8 Å². The second-order valence-corrected chi connectivity index (χ2v) is 4.00. The lowest BCUT2D eigenvalue weighted by molar-refractivity contribution is 0.420. The van der Waals surface area contributed by atoms with Gasteiger partial charge in [0, 0.05) is 21.6 Å². The second-order valence-electron chi connectivity index (χ2n) is 3.09. The summed E-state index contributed by atoms with van der Waals surface area (Å²) in [5.41, 5.74) is 6.47. The Kier molecular flexibility index (Phi) is 2.33. The minimum absolute atomic E-state index is 0.715. The third-order valence-corrected chi connectivity index (χ3v) is 2.61. The first kappa shape index (κ1) is 9.34. The van der Waals surface area contributed by atoms with Crippen molar-refractivity contribution >= 4 is 32.4 Å². The van der Waals surface area contributed by atoms with Crippen molar-refractivity contribution in [1.29, 1.82) is 0 Å². The zero-order valence-electron chi connectivity index (χ0n) is 7.75. The van der Waals surface area contributed by atoms with Gasteiger partial charge in [0.15, 0.2) is 0 Å². The minimum atomic E-state index is 0.715. The topological polar surface area (TPSA) is 35.2 Å². The predicted octanol–water partition coefficient (Wildman–Crippen LogP) is 3.19. The van der Waals surface area contributed by atoms with Gasteiger partial charge in [-0.3, -0.25) is 0 Å². The van der Waals surface area contributed by atoms with Crippen LogP contribution < -0.4 is 10.5 Å². The highest BCUT2D eigenvalue weighted by Gasteiger charge is 2.02. The van der Waals surface area contributed by atoms with E-state index in [4.69, 9.17) is 10.5 Å². The van der Waals surface area contributed by atoms with Gasteiger partial charge >= 0.3 is 0 Å². The van der Waals surface area contributed by atoms with Crippen molar-refractivity contribution in [3.63, 3.8) is 0 Å². The van der Waals surface area contributed by atoms with Gasteiger partial charge in [-0.25, -0.2) is 0 Å². The number of nitrogens with two attached hydrogens (primary N) is 1. The van der Waals surface area contributed by atoms with E-state index in [1.165, 1.54) is 0 Å². The van der Waals surface area contributed by atoms with Gasteiger partial charge in [0.2, 0.25) is 0 Å². The summed E-state index contributed by atoms with van der Waals surface area (Å²) in [5, 5.41) is 2.15. The molecule has 3 heteroatoms. The Bertz CT molecular complexity index is 477. The monoisotopic (exact) mass is 251 g/mol. The number of methoxy groups -OCH3 is 1. The second kappa shape index (κ2) is 3.50. The molecule has 0 atom stereocenters. The minimum Gasteiger partial charge on any atom is -0.496 e. The van der Waals surface area contributed by atoms with E-state index in [9.17, 15) is 0 Å². The quantitative estimate of drug-likeness (QED) is 0.791. The van der Waals surface area contributed by atoms with Crippen molar-refractivity contribution in [2.75, 3.05) is 12.8 Å². The molecule has 0 aliphatic carbocycles. The van der Waals surface area contributed by atoms with Crippen LogP contribution in [0.5, 0.6) is 5.75 Å². The molecule has 2 rings (SSSR count). The van der Waals surface area contributed by atoms with Crippen LogP contribution in [0.25, 0.3) is 10.8 Å². The van der Waals surface area contributed by atoms with Crippen molar-refractivity contribution in [2.24, 2.45) is 0 Å². The molecule has 0 spiro atoms. The largest absolute Gasteiger partial charge is 0.496 e. The van der Waals surface area contributed by atoms with E-state index in [1.54, 1.807) is 7.11 Å². The number of halogens is 1. The molecule has 0 unspecified atom stereocenters. The molecule has 0 saturated carbocycles. The highest BCUT2D eigenvalue weighted by molar-refractivity contribution is 9.10. The average Bonchev–Trinajstić information content (AvgIpc) is 2.15. The molecule has 72 valence electrons. The maximum Gasteiger partial charge on any atom is 0.128 e. The standard InChI is InChI=1S/C11H10BrNO/c1-14-11-6-9(13)5-7-4-8(12)2-3-10(7)11/h2-6H,13H2,1H3. The van der Waals surface area contributed by atoms with E-state index in [2.05, 4.69) is 15.9 Å². The normalized spacial score (nSPS) is 10.4. The molecule has 0 aliphatic heterocycles. The summed E-state index contributed by atoms with van der Waals surface area (Å²) >= 11 is 3.42. The van der Waals surface area contributed by atoms with Crippen molar-refractivity contribution in [3.8, 4) is 5.75 Å². The lowest BCUT2D eigenvalue weighted by Crippen LogP contribution is -1.89. The SMILES string of the molecule is COc1cc(N)cc2cc(Br)ccc12. The van der Waals surface area contributed by atoms with Gasteiger partial charge in [-0.15, -0.1) is 0 Å². The van der Waals surface area contributed by atoms with E-state index >= 15 is 0 Å². The fourth-order valence-corrected chi connectivity index (χ4v) is 1.88. The molecule has 0 radical (unpaired) electrons. The third-order valence-electron chi connectivity index (χ3n) is 2.12. The van der Waals surface area contributed by atoms with Crippen LogP contribution in [0.2, 0.25) is 0 Å². The molecule has 0 bridgehead atoms. The highest BCUT2D eigenvalue weighted by atomic mass is 79.9. The first-order valence-electron chi connectivity index (χ1n) is 4.23. The Morgan fingerprint density at radius 3 is 2.71 bits per heavy atom. The molecule has 0 aromatic heterocycles. The third kappa shape index (κ3) is 1.55. The Morgan fingerprint density at radius 2 is 2.00 bits per heavy atom. The maximum atomic E-state index is 5.76. The molecule has 0 aliphatic rings. The predicted molar refractivity (Wildman–Crippen MR) is 62.6 cm³/mol. The average molecular weight is 252 g/mol. The smallest absolute Gasteiger partial charge is 0.128 e. The fourth-order valence-electron chi connectivity index (χ4n) is 1.50. The van der Waals surface area contributed by atoms with E-state index in [0.717, 1.165) is 21.0 Å². The summed E-state index contributed by atoms with van der Waals surface area (Å²) in [6, 6.07) is 9.78. The zero-order valence-corrected chi connectivity index (χ0v) is 9.34. The zero-order chi connectivity index (χ0) is 10.1. The number of rotatable bonds is 1. The highest BCUT2D eigenvalue weighted by Crippen LogP contribution is 2.30. The van der Waals surface area contributed by atoms with Crippen molar-refractivity contribution in [1.82, 2.24) is 0 Å². The Hall–Kier alpha value is -1.22. The number of anilines is 1. The summed E-state index contributed by atoms with van der Waals surface area (Å²) in [7, 11) is 1.65. The van der Waals surface area contributed by atoms with Gasteiger partial charge in [-0.05, 0) is 29.7 Å². The number of benzene rings is 2. The van der Waals surface area contributed by atoms with E-state index in [0.29, 0.717) is 5.69 Å². The number of ether oxygens (including phenoxy) is 1. The van der Waals surface area contributed by atoms with Crippen molar-refractivity contribution < 1.29 is 4.74 Å². The van der Waals surface area contributed by atoms with E-state index in [-0.39, 0.29) is 0 Å². The molecule has 2 N–H and O–H groups in total. The lowest BCUT2D eigenvalue weighted by Gasteiger charge is -2.07. The van der Waals surface area contributed by atoms with Crippen molar-refractivity contribution in [2.45, 2.75) is 0 Å². The van der Waals surface area contributed by atoms with Crippen LogP contribution >= 0.6 is 15.9 Å². The van der Waals surface area contributed by atoms with Crippen LogP contribution in [0.1, 0.15) is 0 Å². The summed E-state index contributed by atoms with van der Waals surface area (Å²) in [6.45, 7) is 0. The summed E-state index contributed by atoms with van der Waals surface area (Å²) in [6.07, 6.45) is 0. The molecule has 0 fully saturated rings. The first-order valence-corrected chi connectivity index (χ1v) is 5.03. The van der Waals surface area contributed by atoms with E-state index in [1.807, 2.05) is 30.3 Å². The van der Waals surface area contributed by atoms with Crippen LogP contribution in [0.15, 0.2) is 34.8 Å². The van der Waals surface area contributed by atoms with Gasteiger partial charge in [-0.1, -0.05) is 15.9 Å². The number of hydrogen-bond acceptors (Lipinski definition) is 2. The molecule has 14 heavy (non-hydrogen) atoms. The molecule has 0 amide bonds. The van der Waals surface area contributed by atoms with E-state index < -0.39 is 0 Å². The van der Waals surface area contributed by atoms with Crippen LogP contribution in [-0.4, -0.2) is 7.11 Å². The summed E-state index contributed by atoms with van der Waals surface area (Å²) in [5.74, 6) is 0.813. The molecule has 2 nitrogen and oxygen atoms in total. The number of nitrogen functional groups attached to an aromatic ring is 1. The molecule has 0 saturated heterocycles. The van der Waals surface area contributed by atoms with Gasteiger partial charge in [0.1, 0.15) is 5.75 Å². The maximum absolute atomic E-state index is 5.76. The molecule has 0 heterocycles.